The van der Waals surface area contributed by atoms with E-state index in [4.69, 9.17) is 33.2 Å². The van der Waals surface area contributed by atoms with Crippen molar-refractivity contribution in [2.24, 2.45) is 21.7 Å². The van der Waals surface area contributed by atoms with E-state index in [1.807, 2.05) is 20.8 Å². The predicted octanol–water partition coefficient (Wildman–Crippen LogP) is 5.19. The van der Waals surface area contributed by atoms with E-state index in [0.717, 1.165) is 0 Å². The highest BCUT2D eigenvalue weighted by Crippen LogP contribution is 2.39. The third kappa shape index (κ3) is 15.5. The molecular weight excluding hydrogens is 664 g/mol. The van der Waals surface area contributed by atoms with Crippen LogP contribution in [-0.4, -0.2) is 88.7 Å². The lowest BCUT2D eigenvalue weighted by atomic mass is 9.69. The van der Waals surface area contributed by atoms with Crippen LogP contribution in [0.2, 0.25) is 0 Å². The van der Waals surface area contributed by atoms with E-state index in [-0.39, 0.29) is 27.9 Å². The van der Waals surface area contributed by atoms with Crippen LogP contribution in [0.5, 0.6) is 0 Å². The normalized spacial score (nSPS) is 11.7. The van der Waals surface area contributed by atoms with Gasteiger partial charge in [0, 0.05) is 27.9 Å². The molecule has 0 saturated heterocycles. The highest BCUT2D eigenvalue weighted by atomic mass is 16.6. The van der Waals surface area contributed by atoms with Gasteiger partial charge in [0.05, 0.1) is 29.5 Å². The Hall–Kier alpha value is -4.52. The fourth-order valence-corrected chi connectivity index (χ4v) is 3.40. The monoisotopic (exact) mass is 720 g/mol. The molecule has 0 aliphatic heterocycles. The molecule has 0 rings (SSSR count). The second-order valence-corrected chi connectivity index (χ2v) is 14.7. The molecule has 0 aliphatic rings. The van der Waals surface area contributed by atoms with Crippen LogP contribution in [0.15, 0.2) is 60.8 Å². The van der Waals surface area contributed by atoms with Gasteiger partial charge in [-0.15, -0.1) is 0 Å². The van der Waals surface area contributed by atoms with Crippen molar-refractivity contribution < 1.29 is 61.9 Å². The van der Waals surface area contributed by atoms with Crippen LogP contribution >= 0.6 is 0 Å². The lowest BCUT2D eigenvalue weighted by molar-refractivity contribution is -0.177. The van der Waals surface area contributed by atoms with E-state index in [9.17, 15) is 28.8 Å². The van der Waals surface area contributed by atoms with E-state index in [1.54, 1.807) is 13.8 Å². The van der Waals surface area contributed by atoms with Crippen LogP contribution in [0.25, 0.3) is 0 Å². The SMILES string of the molecule is C=C(C)C(=O)OCC(COCC(COC(=O)C(=C)C)(COC(=O)C(=C)C)COC(=O)C(C)(C)C(C)(C)C)(COC(=O)C(=C)C)COC(=O)C(=C)C. The van der Waals surface area contributed by atoms with Crippen molar-refractivity contribution in [1.82, 2.24) is 0 Å². The van der Waals surface area contributed by atoms with Gasteiger partial charge >= 0.3 is 35.8 Å². The molecule has 286 valence electrons. The molecule has 0 saturated carbocycles. The van der Waals surface area contributed by atoms with Crippen LogP contribution in [0.4, 0.5) is 0 Å². The van der Waals surface area contributed by atoms with Gasteiger partial charge in [0.25, 0.3) is 0 Å². The first-order chi connectivity index (χ1) is 23.2. The van der Waals surface area contributed by atoms with Crippen molar-refractivity contribution in [2.45, 2.75) is 69.2 Å². The summed E-state index contributed by atoms with van der Waals surface area (Å²) >= 11 is 0. The molecular formula is C38H56O13. The summed E-state index contributed by atoms with van der Waals surface area (Å²) in [5.41, 5.74) is -4.20. The van der Waals surface area contributed by atoms with Gasteiger partial charge in [-0.25, -0.2) is 24.0 Å². The molecule has 0 aromatic carbocycles. The van der Waals surface area contributed by atoms with Crippen LogP contribution < -0.4 is 0 Å². The summed E-state index contributed by atoms with van der Waals surface area (Å²) in [6.45, 7) is 30.4. The van der Waals surface area contributed by atoms with Crippen molar-refractivity contribution in [1.29, 1.82) is 0 Å². The molecule has 51 heavy (non-hydrogen) atoms. The third-order valence-electron chi connectivity index (χ3n) is 8.00. The van der Waals surface area contributed by atoms with Crippen molar-refractivity contribution >= 4 is 35.8 Å². The zero-order valence-corrected chi connectivity index (χ0v) is 32.0. The number of hydrogen-bond donors (Lipinski definition) is 0. The summed E-state index contributed by atoms with van der Waals surface area (Å²) in [4.78, 5) is 75.9. The third-order valence-corrected chi connectivity index (χ3v) is 8.00. The van der Waals surface area contributed by atoms with Crippen molar-refractivity contribution in [3.63, 3.8) is 0 Å². The van der Waals surface area contributed by atoms with Gasteiger partial charge in [0.15, 0.2) is 0 Å². The number of ether oxygens (including phenoxy) is 7. The highest BCUT2D eigenvalue weighted by molar-refractivity contribution is 5.88. The minimum absolute atomic E-state index is 0.0698. The summed E-state index contributed by atoms with van der Waals surface area (Å²) in [6.07, 6.45) is 0. The first-order valence-electron chi connectivity index (χ1n) is 16.1. The predicted molar refractivity (Wildman–Crippen MR) is 189 cm³/mol. The number of esters is 6. The molecule has 0 spiro atoms. The van der Waals surface area contributed by atoms with Gasteiger partial charge in [-0.2, -0.15) is 0 Å². The molecule has 0 amide bonds. The van der Waals surface area contributed by atoms with E-state index in [2.05, 4.69) is 32.9 Å². The summed E-state index contributed by atoms with van der Waals surface area (Å²) in [5, 5.41) is 0. The van der Waals surface area contributed by atoms with Crippen molar-refractivity contribution in [3.8, 4) is 0 Å². The molecule has 0 fully saturated rings. The van der Waals surface area contributed by atoms with Gasteiger partial charge < -0.3 is 33.2 Å². The number of carbonyl (C=O) groups excluding carboxylic acids is 6. The lowest BCUT2D eigenvalue weighted by Crippen LogP contribution is -2.48. The quantitative estimate of drug-likeness (QED) is 0.0816. The van der Waals surface area contributed by atoms with Gasteiger partial charge in [-0.05, 0) is 53.9 Å². The Morgan fingerprint density at radius 1 is 0.392 bits per heavy atom. The summed E-state index contributed by atoms with van der Waals surface area (Å²) in [5.74, 6) is -4.47. The molecule has 0 radical (unpaired) electrons. The molecule has 0 bridgehead atoms. The van der Waals surface area contributed by atoms with E-state index in [0.29, 0.717) is 0 Å². The molecule has 0 aromatic heterocycles. The van der Waals surface area contributed by atoms with Crippen LogP contribution in [-0.2, 0) is 61.9 Å². The van der Waals surface area contributed by atoms with Crippen LogP contribution in [0, 0.1) is 21.7 Å². The average molecular weight is 721 g/mol. The minimum atomic E-state index is -1.53. The molecule has 0 unspecified atom stereocenters. The molecule has 0 aromatic rings. The number of rotatable bonds is 22. The van der Waals surface area contributed by atoms with E-state index in [1.165, 1.54) is 34.6 Å². The van der Waals surface area contributed by atoms with Gasteiger partial charge in [0.2, 0.25) is 0 Å². The number of hydrogen-bond acceptors (Lipinski definition) is 13. The second kappa shape index (κ2) is 19.8. The minimum Gasteiger partial charge on any atom is -0.464 e. The highest BCUT2D eigenvalue weighted by Gasteiger charge is 2.45. The lowest BCUT2D eigenvalue weighted by Gasteiger charge is -2.39. The fraction of sp³-hybridized carbons (Fsp3) is 0.579. The Morgan fingerprint density at radius 2 is 0.608 bits per heavy atom. The molecule has 0 atom stereocenters. The summed E-state index contributed by atoms with van der Waals surface area (Å²) < 4.78 is 39.2. The molecule has 0 aliphatic carbocycles. The molecule has 0 heterocycles. The zero-order valence-electron chi connectivity index (χ0n) is 32.0. The smallest absolute Gasteiger partial charge is 0.333 e. The summed E-state index contributed by atoms with van der Waals surface area (Å²) in [7, 11) is 0. The van der Waals surface area contributed by atoms with E-state index >= 15 is 0 Å². The Morgan fingerprint density at radius 3 is 0.804 bits per heavy atom. The zero-order chi connectivity index (χ0) is 40.0. The maximum atomic E-state index is 13.4. The Labute approximate surface area is 302 Å². The van der Waals surface area contributed by atoms with E-state index < -0.39 is 110 Å². The standard InChI is InChI=1S/C38H56O13/c1-24(2)29(39)46-18-37(19-47-30(40)25(3)4,20-48-31(41)26(5)6)16-45-17-38(21-49-32(42)27(7)8,22-50-33(43)28(9)10)23-51-34(44)36(14,15)35(11,12)13/h1,3,5,7,9,16-23H2,2,4,6,8,10-15H3. The van der Waals surface area contributed by atoms with Gasteiger partial charge in [-0.3, -0.25) is 4.79 Å². The number of carbonyl (C=O) groups is 6. The van der Waals surface area contributed by atoms with Gasteiger partial charge in [-0.1, -0.05) is 53.7 Å². The Kier molecular flexibility index (Phi) is 18.0. The first kappa shape index (κ1) is 46.5. The summed E-state index contributed by atoms with van der Waals surface area (Å²) in [6, 6.07) is 0. The Balaban J connectivity index is 6.98. The second-order valence-electron chi connectivity index (χ2n) is 14.7. The largest absolute Gasteiger partial charge is 0.464 e. The van der Waals surface area contributed by atoms with Gasteiger partial charge in [0.1, 0.15) is 39.6 Å². The first-order valence-corrected chi connectivity index (χ1v) is 16.1. The fourth-order valence-electron chi connectivity index (χ4n) is 3.40. The molecule has 0 N–H and O–H groups in total. The van der Waals surface area contributed by atoms with Crippen molar-refractivity contribution in [2.75, 3.05) is 52.9 Å². The topological polar surface area (TPSA) is 167 Å². The Bertz CT molecular complexity index is 1290. The average Bonchev–Trinajstić information content (AvgIpc) is 3.03. The maximum absolute atomic E-state index is 13.4. The van der Waals surface area contributed by atoms with Crippen LogP contribution in [0.3, 0.4) is 0 Å². The van der Waals surface area contributed by atoms with Crippen LogP contribution in [0.1, 0.15) is 69.2 Å². The maximum Gasteiger partial charge on any atom is 0.333 e. The molecule has 13 heteroatoms. The van der Waals surface area contributed by atoms with Crippen molar-refractivity contribution in [3.05, 3.63) is 60.8 Å². The molecule has 13 nitrogen and oxygen atoms in total.